The predicted molar refractivity (Wildman–Crippen MR) is 109 cm³/mol. The average Bonchev–Trinajstić information content (AvgIpc) is 3.33. The first-order valence-electron chi connectivity index (χ1n) is 9.10. The first-order chi connectivity index (χ1) is 12.1. The van der Waals surface area contributed by atoms with Crippen LogP contribution in [0.1, 0.15) is 44.2 Å². The minimum Gasteiger partial charge on any atom is -0.384 e. The summed E-state index contributed by atoms with van der Waals surface area (Å²) in [4.78, 5) is 13.8. The molecule has 1 aliphatic carbocycles. The van der Waals surface area contributed by atoms with E-state index < -0.39 is 5.79 Å². The molecular weight excluding hydrogens is 427 g/mol. The Bertz CT molecular complexity index is 688. The molecule has 25 heavy (non-hydrogen) atoms. The van der Waals surface area contributed by atoms with E-state index in [1.54, 1.807) is 6.21 Å². The molecule has 1 saturated carbocycles. The lowest BCUT2D eigenvalue weighted by Gasteiger charge is -2.45. The van der Waals surface area contributed by atoms with E-state index in [1.165, 1.54) is 25.7 Å². The number of nitrogens with two attached hydrogens (primary N) is 2. The standard InChI is InChI=1S/C18H25IN6/c19-15-12-23-18(21,25(17(15)20)13-5-1-2-6-13)16-8-7-14(11-22-16)24-9-3-4-10-24/h7-8,11-13H,1-6,9-10,20-21H2. The van der Waals surface area contributed by atoms with Gasteiger partial charge in [-0.05, 0) is 60.4 Å². The third-order valence-corrected chi connectivity index (χ3v) is 6.36. The zero-order valence-electron chi connectivity index (χ0n) is 14.4. The molecule has 6 nitrogen and oxygen atoms in total. The van der Waals surface area contributed by atoms with Gasteiger partial charge in [0.25, 0.3) is 0 Å². The van der Waals surface area contributed by atoms with Crippen LogP contribution >= 0.6 is 22.6 Å². The highest BCUT2D eigenvalue weighted by Crippen LogP contribution is 2.38. The van der Waals surface area contributed by atoms with Gasteiger partial charge in [-0.2, -0.15) is 0 Å². The lowest BCUT2D eigenvalue weighted by Crippen LogP contribution is -2.58. The van der Waals surface area contributed by atoms with Crippen LogP contribution in [0, 0.1) is 0 Å². The fraction of sp³-hybridized carbons (Fsp3) is 0.556. The molecule has 1 unspecified atom stereocenters. The number of nitrogens with zero attached hydrogens (tertiary/aromatic N) is 4. The SMILES string of the molecule is NC1=C(I)C=NC(N)(c2ccc(N3CCCC3)cn2)N1C1CCCC1. The summed E-state index contributed by atoms with van der Waals surface area (Å²) in [6, 6.07) is 4.45. The zero-order chi connectivity index (χ0) is 17.4. The average molecular weight is 452 g/mol. The third kappa shape index (κ3) is 3.01. The second-order valence-electron chi connectivity index (χ2n) is 7.12. The van der Waals surface area contributed by atoms with Crippen LogP contribution < -0.4 is 16.4 Å². The van der Waals surface area contributed by atoms with E-state index in [9.17, 15) is 0 Å². The number of rotatable bonds is 3. The van der Waals surface area contributed by atoms with E-state index in [2.05, 4.69) is 43.4 Å². The Kier molecular flexibility index (Phi) is 4.61. The molecule has 0 spiro atoms. The van der Waals surface area contributed by atoms with Crippen molar-refractivity contribution >= 4 is 34.5 Å². The van der Waals surface area contributed by atoms with Gasteiger partial charge in [0.2, 0.25) is 5.79 Å². The summed E-state index contributed by atoms with van der Waals surface area (Å²) in [5.41, 5.74) is 15.1. The van der Waals surface area contributed by atoms with Crippen LogP contribution in [0.4, 0.5) is 5.69 Å². The van der Waals surface area contributed by atoms with Crippen LogP contribution in [0.2, 0.25) is 0 Å². The number of halogens is 1. The van der Waals surface area contributed by atoms with Gasteiger partial charge >= 0.3 is 0 Å². The minimum absolute atomic E-state index is 0.326. The van der Waals surface area contributed by atoms with E-state index in [1.807, 2.05) is 12.3 Å². The van der Waals surface area contributed by atoms with Crippen molar-refractivity contribution in [2.24, 2.45) is 16.5 Å². The maximum Gasteiger partial charge on any atom is 0.230 e. The molecule has 2 aliphatic heterocycles. The van der Waals surface area contributed by atoms with Gasteiger partial charge in [0.05, 0.1) is 15.5 Å². The Morgan fingerprint density at radius 2 is 1.84 bits per heavy atom. The monoisotopic (exact) mass is 452 g/mol. The van der Waals surface area contributed by atoms with Crippen LogP contribution in [0.5, 0.6) is 0 Å². The third-order valence-electron chi connectivity index (χ3n) is 5.53. The summed E-state index contributed by atoms with van der Waals surface area (Å²) in [6.07, 6.45) is 10.8. The molecule has 4 rings (SSSR count). The fourth-order valence-electron chi connectivity index (χ4n) is 4.18. The second-order valence-corrected chi connectivity index (χ2v) is 8.28. The number of aromatic nitrogens is 1. The van der Waals surface area contributed by atoms with Crippen LogP contribution in [0.15, 0.2) is 32.7 Å². The van der Waals surface area contributed by atoms with Gasteiger partial charge in [0, 0.05) is 25.3 Å². The Hall–Kier alpha value is -1.35. The van der Waals surface area contributed by atoms with Crippen molar-refractivity contribution in [1.29, 1.82) is 0 Å². The van der Waals surface area contributed by atoms with E-state index in [0.717, 1.165) is 46.7 Å². The maximum atomic E-state index is 6.80. The molecule has 1 aromatic rings. The number of allylic oxidation sites excluding steroid dienone is 1. The lowest BCUT2D eigenvalue weighted by molar-refractivity contribution is 0.0837. The first-order valence-corrected chi connectivity index (χ1v) is 10.2. The van der Waals surface area contributed by atoms with Crippen LogP contribution in [0.3, 0.4) is 0 Å². The Labute approximate surface area is 162 Å². The van der Waals surface area contributed by atoms with Crippen LogP contribution in [0.25, 0.3) is 0 Å². The highest BCUT2D eigenvalue weighted by atomic mass is 127. The summed E-state index contributed by atoms with van der Waals surface area (Å²) >= 11 is 2.23. The molecule has 1 atom stereocenters. The number of hydrogen-bond donors (Lipinski definition) is 2. The van der Waals surface area contributed by atoms with Gasteiger partial charge in [0.15, 0.2) is 0 Å². The molecule has 134 valence electrons. The molecular formula is C18H25IN6. The molecule has 0 amide bonds. The first kappa shape index (κ1) is 17.1. The smallest absolute Gasteiger partial charge is 0.230 e. The maximum absolute atomic E-state index is 6.80. The van der Waals surface area contributed by atoms with Gasteiger partial charge < -0.3 is 15.5 Å². The fourth-order valence-corrected chi connectivity index (χ4v) is 4.57. The highest BCUT2D eigenvalue weighted by Gasteiger charge is 2.43. The van der Waals surface area contributed by atoms with Crippen LogP contribution in [-0.2, 0) is 5.79 Å². The summed E-state index contributed by atoms with van der Waals surface area (Å²) in [5.74, 6) is -0.299. The Morgan fingerprint density at radius 1 is 1.12 bits per heavy atom. The summed E-state index contributed by atoms with van der Waals surface area (Å²) in [6.45, 7) is 2.21. The molecule has 0 bridgehead atoms. The van der Waals surface area contributed by atoms with Crippen molar-refractivity contribution in [3.63, 3.8) is 0 Å². The van der Waals surface area contributed by atoms with Crippen molar-refractivity contribution in [2.45, 2.75) is 50.4 Å². The van der Waals surface area contributed by atoms with Crippen molar-refractivity contribution in [3.8, 4) is 0 Å². The number of anilines is 1. The molecule has 0 aromatic carbocycles. The van der Waals surface area contributed by atoms with E-state index in [0.29, 0.717) is 6.04 Å². The summed E-state index contributed by atoms with van der Waals surface area (Å²) in [5, 5.41) is 0. The molecule has 4 N–H and O–H groups in total. The molecule has 1 aromatic heterocycles. The molecule has 0 radical (unpaired) electrons. The van der Waals surface area contributed by atoms with Crippen molar-refractivity contribution in [2.75, 3.05) is 18.0 Å². The Morgan fingerprint density at radius 3 is 2.48 bits per heavy atom. The van der Waals surface area contributed by atoms with E-state index in [4.69, 9.17) is 16.5 Å². The van der Waals surface area contributed by atoms with Crippen molar-refractivity contribution in [3.05, 3.63) is 33.4 Å². The molecule has 2 fully saturated rings. The Balaban J connectivity index is 1.67. The van der Waals surface area contributed by atoms with Gasteiger partial charge in [-0.3, -0.25) is 10.7 Å². The normalized spacial score (nSPS) is 27.6. The number of aliphatic imine (C=N–C) groups is 1. The topological polar surface area (TPSA) is 83.8 Å². The molecule has 3 heterocycles. The predicted octanol–water partition coefficient (Wildman–Crippen LogP) is 2.64. The lowest BCUT2D eigenvalue weighted by atomic mass is 10.1. The minimum atomic E-state index is -1.02. The van der Waals surface area contributed by atoms with Crippen molar-refractivity contribution < 1.29 is 0 Å². The van der Waals surface area contributed by atoms with Crippen LogP contribution in [-0.4, -0.2) is 35.2 Å². The molecule has 1 saturated heterocycles. The number of pyridine rings is 1. The van der Waals surface area contributed by atoms with Crippen molar-refractivity contribution in [1.82, 2.24) is 9.88 Å². The van der Waals surface area contributed by atoms with Gasteiger partial charge in [-0.1, -0.05) is 12.8 Å². The highest BCUT2D eigenvalue weighted by molar-refractivity contribution is 14.1. The number of hydrogen-bond acceptors (Lipinski definition) is 6. The van der Waals surface area contributed by atoms with Gasteiger partial charge in [0.1, 0.15) is 11.5 Å². The molecule has 7 heteroatoms. The largest absolute Gasteiger partial charge is 0.384 e. The quantitative estimate of drug-likeness (QED) is 0.690. The summed E-state index contributed by atoms with van der Waals surface area (Å²) in [7, 11) is 0. The second kappa shape index (κ2) is 6.75. The van der Waals surface area contributed by atoms with Gasteiger partial charge in [-0.15, -0.1) is 0 Å². The van der Waals surface area contributed by atoms with E-state index in [-0.39, 0.29) is 0 Å². The summed E-state index contributed by atoms with van der Waals surface area (Å²) < 4.78 is 0.944. The molecule has 3 aliphatic rings. The van der Waals surface area contributed by atoms with Gasteiger partial charge in [-0.25, -0.2) is 4.99 Å². The zero-order valence-corrected chi connectivity index (χ0v) is 16.5. The van der Waals surface area contributed by atoms with E-state index >= 15 is 0 Å².